The van der Waals surface area contributed by atoms with Crippen molar-refractivity contribution in [1.29, 1.82) is 0 Å². The molecule has 0 aliphatic carbocycles. The Balaban J connectivity index is 2.07. The zero-order valence-corrected chi connectivity index (χ0v) is 11.6. The van der Waals surface area contributed by atoms with Crippen molar-refractivity contribution in [3.05, 3.63) is 29.6 Å². The molecule has 1 unspecified atom stereocenters. The van der Waals surface area contributed by atoms with E-state index in [-0.39, 0.29) is 0 Å². The molecule has 18 heavy (non-hydrogen) atoms. The first-order valence-corrected chi connectivity index (χ1v) is 6.75. The summed E-state index contributed by atoms with van der Waals surface area (Å²) in [4.78, 5) is 4.47. The maximum Gasteiger partial charge on any atom is 0.0958 e. The second-order valence-corrected chi connectivity index (χ2v) is 5.34. The van der Waals surface area contributed by atoms with E-state index in [9.17, 15) is 0 Å². The summed E-state index contributed by atoms with van der Waals surface area (Å²) in [5.41, 5.74) is 10.8. The molecule has 0 fully saturated rings. The molecule has 0 aliphatic heterocycles. The lowest BCUT2D eigenvalue weighted by Crippen LogP contribution is -2.14. The number of unbranched alkanes of at least 4 members (excludes halogenated alkanes) is 1. The van der Waals surface area contributed by atoms with Gasteiger partial charge in [-0.05, 0) is 56.9 Å². The molecule has 0 spiro atoms. The average Bonchev–Trinajstić information content (AvgIpc) is 2.68. The van der Waals surface area contributed by atoms with Crippen LogP contribution in [0.2, 0.25) is 0 Å². The zero-order chi connectivity index (χ0) is 13.1. The highest BCUT2D eigenvalue weighted by Gasteiger charge is 2.04. The van der Waals surface area contributed by atoms with Crippen molar-refractivity contribution >= 4 is 11.0 Å². The Hall–Kier alpha value is -1.35. The maximum absolute atomic E-state index is 5.76. The molecule has 1 aromatic heterocycles. The van der Waals surface area contributed by atoms with Crippen molar-refractivity contribution in [3.63, 3.8) is 0 Å². The number of fused-ring (bicyclic) bond motifs is 1. The third-order valence-corrected chi connectivity index (χ3v) is 3.55. The summed E-state index contributed by atoms with van der Waals surface area (Å²) < 4.78 is 2.25. The molecule has 2 rings (SSSR count). The van der Waals surface area contributed by atoms with E-state index in [0.29, 0.717) is 6.04 Å². The maximum atomic E-state index is 5.76. The van der Waals surface area contributed by atoms with Gasteiger partial charge in [0.15, 0.2) is 0 Å². The second-order valence-electron chi connectivity index (χ2n) is 5.34. The predicted octanol–water partition coefficient (Wildman–Crippen LogP) is 3.17. The minimum absolute atomic E-state index is 0.314. The summed E-state index contributed by atoms with van der Waals surface area (Å²) in [6, 6.07) is 4.72. The largest absolute Gasteiger partial charge is 0.331 e. The van der Waals surface area contributed by atoms with Crippen molar-refractivity contribution in [1.82, 2.24) is 9.55 Å². The van der Waals surface area contributed by atoms with Crippen LogP contribution in [0.5, 0.6) is 0 Å². The lowest BCUT2D eigenvalue weighted by Gasteiger charge is -2.07. The SMILES string of the molecule is Cc1cc2ncn(CCCCC(C)N)c2cc1C. The van der Waals surface area contributed by atoms with Crippen LogP contribution in [0.15, 0.2) is 18.5 Å². The lowest BCUT2D eigenvalue weighted by atomic mass is 10.1. The first-order valence-electron chi connectivity index (χ1n) is 6.75. The first-order chi connectivity index (χ1) is 8.58. The molecule has 0 saturated heterocycles. The quantitative estimate of drug-likeness (QED) is 0.822. The first kappa shape index (κ1) is 13.1. The summed E-state index contributed by atoms with van der Waals surface area (Å²) in [7, 11) is 0. The number of aryl methyl sites for hydroxylation is 3. The van der Waals surface area contributed by atoms with Crippen LogP contribution in [0.4, 0.5) is 0 Å². The predicted molar refractivity (Wildman–Crippen MR) is 76.7 cm³/mol. The third kappa shape index (κ3) is 2.91. The van der Waals surface area contributed by atoms with Gasteiger partial charge in [-0.25, -0.2) is 4.98 Å². The minimum atomic E-state index is 0.314. The van der Waals surface area contributed by atoms with E-state index in [2.05, 4.69) is 42.5 Å². The molecule has 3 heteroatoms. The number of nitrogens with two attached hydrogens (primary N) is 1. The number of imidazole rings is 1. The topological polar surface area (TPSA) is 43.8 Å². The van der Waals surface area contributed by atoms with Gasteiger partial charge in [-0.3, -0.25) is 0 Å². The Morgan fingerprint density at radius 1 is 1.22 bits per heavy atom. The summed E-state index contributed by atoms with van der Waals surface area (Å²) in [5, 5.41) is 0. The molecule has 0 amide bonds. The number of benzene rings is 1. The fraction of sp³-hybridized carbons (Fsp3) is 0.533. The van der Waals surface area contributed by atoms with Gasteiger partial charge >= 0.3 is 0 Å². The van der Waals surface area contributed by atoms with Crippen LogP contribution in [0, 0.1) is 13.8 Å². The van der Waals surface area contributed by atoms with Gasteiger partial charge in [0.25, 0.3) is 0 Å². The standard InChI is InChI=1S/C15H23N3/c1-11-8-14-15(9-12(11)2)18(10-17-14)7-5-4-6-13(3)16/h8-10,13H,4-7,16H2,1-3H3. The monoisotopic (exact) mass is 245 g/mol. The molecule has 2 N–H and O–H groups in total. The van der Waals surface area contributed by atoms with Gasteiger partial charge in [0.1, 0.15) is 0 Å². The highest BCUT2D eigenvalue weighted by molar-refractivity contribution is 5.77. The number of hydrogen-bond acceptors (Lipinski definition) is 2. The third-order valence-electron chi connectivity index (χ3n) is 3.55. The molecular formula is C15H23N3. The van der Waals surface area contributed by atoms with Crippen LogP contribution >= 0.6 is 0 Å². The Morgan fingerprint density at radius 3 is 2.67 bits per heavy atom. The number of rotatable bonds is 5. The fourth-order valence-corrected chi connectivity index (χ4v) is 2.24. The lowest BCUT2D eigenvalue weighted by molar-refractivity contribution is 0.555. The van der Waals surface area contributed by atoms with Crippen LogP contribution in [0.3, 0.4) is 0 Å². The van der Waals surface area contributed by atoms with E-state index in [1.54, 1.807) is 0 Å². The van der Waals surface area contributed by atoms with Crippen LogP contribution in [-0.4, -0.2) is 15.6 Å². The Kier molecular flexibility index (Phi) is 4.02. The Labute approximate surface area is 109 Å². The summed E-state index contributed by atoms with van der Waals surface area (Å²) in [6.45, 7) is 7.39. The van der Waals surface area contributed by atoms with Gasteiger partial charge in [-0.2, -0.15) is 0 Å². The van der Waals surface area contributed by atoms with Crippen molar-refractivity contribution in [3.8, 4) is 0 Å². The van der Waals surface area contributed by atoms with Gasteiger partial charge in [0, 0.05) is 12.6 Å². The minimum Gasteiger partial charge on any atom is -0.331 e. The summed E-state index contributed by atoms with van der Waals surface area (Å²) >= 11 is 0. The van der Waals surface area contributed by atoms with Crippen LogP contribution in [-0.2, 0) is 6.54 Å². The smallest absolute Gasteiger partial charge is 0.0958 e. The summed E-state index contributed by atoms with van der Waals surface area (Å²) in [6.07, 6.45) is 5.41. The van der Waals surface area contributed by atoms with Crippen LogP contribution < -0.4 is 5.73 Å². The molecule has 98 valence electrons. The van der Waals surface area contributed by atoms with Crippen LogP contribution in [0.25, 0.3) is 11.0 Å². The molecule has 0 saturated carbocycles. The van der Waals surface area contributed by atoms with E-state index in [0.717, 1.165) is 18.5 Å². The normalized spacial score (nSPS) is 13.1. The molecule has 3 nitrogen and oxygen atoms in total. The molecule has 1 atom stereocenters. The van der Waals surface area contributed by atoms with Gasteiger partial charge < -0.3 is 10.3 Å². The molecule has 0 radical (unpaired) electrons. The highest BCUT2D eigenvalue weighted by atomic mass is 15.0. The molecule has 0 aliphatic rings. The van der Waals surface area contributed by atoms with E-state index >= 15 is 0 Å². The van der Waals surface area contributed by atoms with E-state index < -0.39 is 0 Å². The van der Waals surface area contributed by atoms with Gasteiger partial charge in [0.2, 0.25) is 0 Å². The Morgan fingerprint density at radius 2 is 1.94 bits per heavy atom. The van der Waals surface area contributed by atoms with E-state index in [4.69, 9.17) is 5.73 Å². The summed E-state index contributed by atoms with van der Waals surface area (Å²) in [5.74, 6) is 0. The van der Waals surface area contributed by atoms with Crippen molar-refractivity contribution < 1.29 is 0 Å². The van der Waals surface area contributed by atoms with Crippen molar-refractivity contribution in [2.75, 3.05) is 0 Å². The van der Waals surface area contributed by atoms with Gasteiger partial charge in [-0.15, -0.1) is 0 Å². The molecular weight excluding hydrogens is 222 g/mol. The number of aromatic nitrogens is 2. The van der Waals surface area contributed by atoms with Crippen molar-refractivity contribution in [2.24, 2.45) is 5.73 Å². The van der Waals surface area contributed by atoms with Crippen molar-refractivity contribution in [2.45, 2.75) is 52.6 Å². The molecule has 1 aromatic carbocycles. The highest BCUT2D eigenvalue weighted by Crippen LogP contribution is 2.18. The molecule has 1 heterocycles. The van der Waals surface area contributed by atoms with Gasteiger partial charge in [-0.1, -0.05) is 6.42 Å². The fourth-order valence-electron chi connectivity index (χ4n) is 2.24. The second kappa shape index (κ2) is 5.53. The molecule has 2 aromatic rings. The van der Waals surface area contributed by atoms with Gasteiger partial charge in [0.05, 0.1) is 17.4 Å². The van der Waals surface area contributed by atoms with Crippen LogP contribution in [0.1, 0.15) is 37.3 Å². The van der Waals surface area contributed by atoms with E-state index in [1.807, 2.05) is 6.33 Å². The molecule has 0 bridgehead atoms. The average molecular weight is 245 g/mol. The van der Waals surface area contributed by atoms with E-state index in [1.165, 1.54) is 29.5 Å². The Bertz CT molecular complexity index is 526. The number of nitrogens with zero attached hydrogens (tertiary/aromatic N) is 2. The zero-order valence-electron chi connectivity index (χ0n) is 11.6. The number of hydrogen-bond donors (Lipinski definition) is 1.